The SMILES string of the molecule is O=C(I)CC1CCCCC1. The summed E-state index contributed by atoms with van der Waals surface area (Å²) in [6, 6.07) is 0. The van der Waals surface area contributed by atoms with Crippen molar-refractivity contribution in [2.45, 2.75) is 38.5 Å². The minimum absolute atomic E-state index is 0.338. The molecule has 0 aromatic carbocycles. The van der Waals surface area contributed by atoms with Crippen molar-refractivity contribution in [2.24, 2.45) is 5.92 Å². The predicted molar refractivity (Wildman–Crippen MR) is 50.2 cm³/mol. The molecule has 0 N–H and O–H groups in total. The van der Waals surface area contributed by atoms with Crippen molar-refractivity contribution in [3.05, 3.63) is 0 Å². The van der Waals surface area contributed by atoms with Crippen molar-refractivity contribution < 1.29 is 4.79 Å². The van der Waals surface area contributed by atoms with Crippen LogP contribution < -0.4 is 0 Å². The number of halogens is 1. The molecule has 0 bridgehead atoms. The van der Waals surface area contributed by atoms with Crippen LogP contribution in [0.25, 0.3) is 0 Å². The Morgan fingerprint density at radius 3 is 2.40 bits per heavy atom. The summed E-state index contributed by atoms with van der Waals surface area (Å²) in [7, 11) is 0. The van der Waals surface area contributed by atoms with E-state index in [1.807, 2.05) is 22.6 Å². The summed E-state index contributed by atoms with van der Waals surface area (Å²) in [5, 5.41) is 0. The molecule has 0 saturated heterocycles. The molecular weight excluding hydrogens is 239 g/mol. The molecule has 1 aliphatic carbocycles. The zero-order valence-electron chi connectivity index (χ0n) is 6.11. The molecule has 1 saturated carbocycles. The minimum atomic E-state index is 0.338. The molecule has 0 spiro atoms. The molecule has 10 heavy (non-hydrogen) atoms. The van der Waals surface area contributed by atoms with Crippen molar-refractivity contribution in [1.29, 1.82) is 0 Å². The van der Waals surface area contributed by atoms with Crippen LogP contribution in [0.15, 0.2) is 0 Å². The third-order valence-corrected chi connectivity index (χ3v) is 2.61. The number of rotatable bonds is 2. The van der Waals surface area contributed by atoms with Crippen LogP contribution in [0.3, 0.4) is 0 Å². The second kappa shape index (κ2) is 4.31. The average Bonchev–Trinajstić information content (AvgIpc) is 1.88. The van der Waals surface area contributed by atoms with Gasteiger partial charge in [-0.1, -0.05) is 19.3 Å². The molecule has 0 atom stereocenters. The maximum atomic E-state index is 10.7. The first kappa shape index (κ1) is 8.50. The maximum absolute atomic E-state index is 10.7. The number of carbonyl (C=O) groups is 1. The van der Waals surface area contributed by atoms with Gasteiger partial charge in [0.15, 0.2) is 3.79 Å². The fourth-order valence-corrected chi connectivity index (χ4v) is 2.24. The van der Waals surface area contributed by atoms with Crippen molar-refractivity contribution >= 4 is 26.4 Å². The molecular formula is C8H13IO. The monoisotopic (exact) mass is 252 g/mol. The summed E-state index contributed by atoms with van der Waals surface area (Å²) in [5.41, 5.74) is 0. The molecule has 0 amide bonds. The zero-order valence-corrected chi connectivity index (χ0v) is 8.26. The Morgan fingerprint density at radius 1 is 1.30 bits per heavy atom. The van der Waals surface area contributed by atoms with E-state index in [-0.39, 0.29) is 0 Å². The topological polar surface area (TPSA) is 17.1 Å². The smallest absolute Gasteiger partial charge is 0.192 e. The lowest BCUT2D eigenvalue weighted by Crippen LogP contribution is -2.08. The van der Waals surface area contributed by atoms with Crippen molar-refractivity contribution in [3.8, 4) is 0 Å². The normalized spacial score (nSPS) is 20.9. The van der Waals surface area contributed by atoms with Gasteiger partial charge in [0.25, 0.3) is 0 Å². The van der Waals surface area contributed by atoms with Gasteiger partial charge in [-0.3, -0.25) is 4.79 Å². The fourth-order valence-electron chi connectivity index (χ4n) is 1.62. The molecule has 0 aromatic rings. The lowest BCUT2D eigenvalue weighted by atomic mass is 9.87. The van der Waals surface area contributed by atoms with E-state index in [1.54, 1.807) is 0 Å². The molecule has 1 rings (SSSR count). The molecule has 0 heterocycles. The summed E-state index contributed by atoms with van der Waals surface area (Å²) >= 11 is 1.91. The fraction of sp³-hybridized carbons (Fsp3) is 0.875. The molecule has 0 radical (unpaired) electrons. The van der Waals surface area contributed by atoms with Gasteiger partial charge >= 0.3 is 0 Å². The van der Waals surface area contributed by atoms with Gasteiger partial charge in [0.05, 0.1) is 0 Å². The van der Waals surface area contributed by atoms with Crippen LogP contribution in [-0.4, -0.2) is 3.79 Å². The van der Waals surface area contributed by atoms with Gasteiger partial charge in [0, 0.05) is 6.42 Å². The Morgan fingerprint density at radius 2 is 1.90 bits per heavy atom. The predicted octanol–water partition coefficient (Wildman–Crippen LogP) is 2.92. The van der Waals surface area contributed by atoms with Crippen molar-refractivity contribution in [1.82, 2.24) is 0 Å². The van der Waals surface area contributed by atoms with E-state index in [0.29, 0.717) is 3.79 Å². The lowest BCUT2D eigenvalue weighted by molar-refractivity contribution is -0.110. The quantitative estimate of drug-likeness (QED) is 0.545. The van der Waals surface area contributed by atoms with E-state index in [2.05, 4.69) is 0 Å². The van der Waals surface area contributed by atoms with Crippen LogP contribution in [0.2, 0.25) is 0 Å². The zero-order chi connectivity index (χ0) is 7.40. The highest BCUT2D eigenvalue weighted by atomic mass is 127. The molecule has 0 unspecified atom stereocenters. The highest BCUT2D eigenvalue weighted by Gasteiger charge is 2.14. The van der Waals surface area contributed by atoms with Crippen molar-refractivity contribution in [3.63, 3.8) is 0 Å². The van der Waals surface area contributed by atoms with Gasteiger partial charge in [-0.25, -0.2) is 0 Å². The van der Waals surface area contributed by atoms with E-state index in [9.17, 15) is 4.79 Å². The van der Waals surface area contributed by atoms with E-state index in [4.69, 9.17) is 0 Å². The third-order valence-electron chi connectivity index (χ3n) is 2.17. The molecule has 1 aliphatic rings. The molecule has 2 heteroatoms. The Labute approximate surface area is 75.7 Å². The van der Waals surface area contributed by atoms with Crippen LogP contribution in [0.5, 0.6) is 0 Å². The van der Waals surface area contributed by atoms with Gasteiger partial charge in [-0.15, -0.1) is 0 Å². The van der Waals surface area contributed by atoms with Gasteiger partial charge in [-0.2, -0.15) is 0 Å². The summed E-state index contributed by atoms with van der Waals surface area (Å²) in [6.45, 7) is 0. The molecule has 58 valence electrons. The van der Waals surface area contributed by atoms with Crippen LogP contribution in [0.1, 0.15) is 38.5 Å². The van der Waals surface area contributed by atoms with E-state index in [0.717, 1.165) is 12.3 Å². The molecule has 0 aliphatic heterocycles. The first-order valence-electron chi connectivity index (χ1n) is 3.97. The second-order valence-corrected chi connectivity index (χ2v) is 4.27. The number of hydrogen-bond acceptors (Lipinski definition) is 1. The van der Waals surface area contributed by atoms with Crippen LogP contribution >= 0.6 is 22.6 Å². The second-order valence-electron chi connectivity index (χ2n) is 3.06. The molecule has 0 aromatic heterocycles. The van der Waals surface area contributed by atoms with Gasteiger partial charge < -0.3 is 0 Å². The minimum Gasteiger partial charge on any atom is -0.288 e. The van der Waals surface area contributed by atoms with Crippen LogP contribution in [0.4, 0.5) is 0 Å². The Hall–Kier alpha value is 0.400. The van der Waals surface area contributed by atoms with Crippen LogP contribution in [-0.2, 0) is 4.79 Å². The van der Waals surface area contributed by atoms with Gasteiger partial charge in [-0.05, 0) is 41.4 Å². The summed E-state index contributed by atoms with van der Waals surface area (Å²) in [4.78, 5) is 10.7. The summed E-state index contributed by atoms with van der Waals surface area (Å²) < 4.78 is 0.338. The molecule has 1 nitrogen and oxygen atoms in total. The van der Waals surface area contributed by atoms with Crippen molar-refractivity contribution in [2.75, 3.05) is 0 Å². The van der Waals surface area contributed by atoms with Gasteiger partial charge in [0.2, 0.25) is 0 Å². The highest BCUT2D eigenvalue weighted by Crippen LogP contribution is 2.26. The lowest BCUT2D eigenvalue weighted by Gasteiger charge is -2.19. The Bertz CT molecular complexity index is 116. The van der Waals surface area contributed by atoms with E-state index < -0.39 is 0 Å². The summed E-state index contributed by atoms with van der Waals surface area (Å²) in [5.74, 6) is 0.721. The first-order chi connectivity index (χ1) is 4.79. The van der Waals surface area contributed by atoms with Gasteiger partial charge in [0.1, 0.15) is 0 Å². The third kappa shape index (κ3) is 2.99. The average molecular weight is 252 g/mol. The Kier molecular flexibility index (Phi) is 3.66. The largest absolute Gasteiger partial charge is 0.288 e. The van der Waals surface area contributed by atoms with Crippen LogP contribution in [0, 0.1) is 5.92 Å². The first-order valence-corrected chi connectivity index (χ1v) is 5.05. The Balaban J connectivity index is 2.19. The maximum Gasteiger partial charge on any atom is 0.192 e. The highest BCUT2D eigenvalue weighted by molar-refractivity contribution is 14.1. The van der Waals surface area contributed by atoms with E-state index in [1.165, 1.54) is 32.1 Å². The van der Waals surface area contributed by atoms with E-state index >= 15 is 0 Å². The number of hydrogen-bond donors (Lipinski definition) is 0. The summed E-state index contributed by atoms with van der Waals surface area (Å²) in [6.07, 6.45) is 7.46. The number of carbonyl (C=O) groups excluding carboxylic acids is 1. The molecule has 1 fully saturated rings. The standard InChI is InChI=1S/C8H13IO/c9-8(10)6-7-4-2-1-3-5-7/h7H,1-6H2.